The first kappa shape index (κ1) is 17.9. The van der Waals surface area contributed by atoms with E-state index in [1.165, 1.54) is 0 Å². The van der Waals surface area contributed by atoms with Gasteiger partial charge in [0.1, 0.15) is 0 Å². The van der Waals surface area contributed by atoms with E-state index >= 15 is 0 Å². The molecule has 0 aliphatic heterocycles. The van der Waals surface area contributed by atoms with Crippen LogP contribution in [0.25, 0.3) is 10.8 Å². The fraction of sp³-hybridized carbons (Fsp3) is 0.100. The van der Waals surface area contributed by atoms with Gasteiger partial charge in [-0.1, -0.05) is 35.9 Å². The molecule has 3 rings (SSSR count). The molecule has 0 aliphatic carbocycles. The Labute approximate surface area is 155 Å². The molecule has 5 nitrogen and oxygen atoms in total. The average molecular weight is 369 g/mol. The van der Waals surface area contributed by atoms with E-state index in [0.29, 0.717) is 29.1 Å². The minimum absolute atomic E-state index is 0.183. The molecule has 132 valence electrons. The second-order valence-corrected chi connectivity index (χ2v) is 6.29. The number of benzene rings is 3. The molecule has 3 N–H and O–H groups in total. The van der Waals surface area contributed by atoms with Gasteiger partial charge < -0.3 is 5.32 Å². The van der Waals surface area contributed by atoms with E-state index in [1.807, 2.05) is 30.3 Å². The van der Waals surface area contributed by atoms with E-state index in [4.69, 9.17) is 16.8 Å². The molecule has 0 unspecified atom stereocenters. The van der Waals surface area contributed by atoms with Crippen LogP contribution in [0.4, 0.5) is 0 Å². The lowest BCUT2D eigenvalue weighted by Crippen LogP contribution is -2.25. The normalized spacial score (nSPS) is 10.5. The summed E-state index contributed by atoms with van der Waals surface area (Å²) in [6.07, 6.45) is 0.706. The Morgan fingerprint density at radius 2 is 1.46 bits per heavy atom. The molecule has 2 amide bonds. The maximum atomic E-state index is 12.4. The van der Waals surface area contributed by atoms with Gasteiger partial charge in [0, 0.05) is 22.7 Å². The first-order chi connectivity index (χ1) is 12.6. The highest BCUT2D eigenvalue weighted by Crippen LogP contribution is 2.18. The molecule has 0 saturated heterocycles. The van der Waals surface area contributed by atoms with Crippen molar-refractivity contribution in [3.8, 4) is 0 Å². The smallest absolute Gasteiger partial charge is 0.274 e. The van der Waals surface area contributed by atoms with Crippen LogP contribution in [0.2, 0.25) is 5.02 Å². The zero-order valence-electron chi connectivity index (χ0n) is 13.8. The van der Waals surface area contributed by atoms with Gasteiger partial charge in [0.15, 0.2) is 0 Å². The Kier molecular flexibility index (Phi) is 5.51. The molecule has 6 heteroatoms. The maximum Gasteiger partial charge on any atom is 0.274 e. The van der Waals surface area contributed by atoms with Crippen LogP contribution in [-0.4, -0.2) is 23.6 Å². The Balaban J connectivity index is 1.69. The van der Waals surface area contributed by atoms with Gasteiger partial charge in [-0.15, -0.1) is 0 Å². The number of nitrogens with one attached hydrogen (secondary N) is 2. The molecule has 3 aromatic carbocycles. The van der Waals surface area contributed by atoms with Gasteiger partial charge in [0.2, 0.25) is 0 Å². The van der Waals surface area contributed by atoms with Crippen LogP contribution in [0.3, 0.4) is 0 Å². The second kappa shape index (κ2) is 7.99. The van der Waals surface area contributed by atoms with Crippen molar-refractivity contribution >= 4 is 34.2 Å². The molecular formula is C20H17ClN2O3. The maximum absolute atomic E-state index is 12.4. The van der Waals surface area contributed by atoms with Crippen LogP contribution >= 0.6 is 11.6 Å². The van der Waals surface area contributed by atoms with Crippen molar-refractivity contribution in [2.24, 2.45) is 0 Å². The molecule has 0 saturated carbocycles. The minimum atomic E-state index is -0.593. The summed E-state index contributed by atoms with van der Waals surface area (Å²) in [5.41, 5.74) is 3.52. The highest BCUT2D eigenvalue weighted by atomic mass is 35.5. The van der Waals surface area contributed by atoms with E-state index in [-0.39, 0.29) is 5.91 Å². The van der Waals surface area contributed by atoms with Crippen molar-refractivity contribution in [2.75, 3.05) is 6.54 Å². The van der Waals surface area contributed by atoms with Crippen LogP contribution in [0.5, 0.6) is 0 Å². The van der Waals surface area contributed by atoms with Gasteiger partial charge in [-0.2, -0.15) is 0 Å². The third-order valence-electron chi connectivity index (χ3n) is 4.08. The quantitative estimate of drug-likeness (QED) is 0.475. The van der Waals surface area contributed by atoms with E-state index in [0.717, 1.165) is 16.3 Å². The number of carbonyl (C=O) groups is 2. The monoisotopic (exact) mass is 368 g/mol. The van der Waals surface area contributed by atoms with Crippen molar-refractivity contribution in [1.82, 2.24) is 10.8 Å². The standard InChI is InChI=1S/C20H17ClN2O3/c21-18-7-1-13(2-8-18)9-10-22-19(24)15-5-3-14-4-6-16(20(25)23-26)12-17(14)11-15/h1-8,11-12,26H,9-10H2,(H,22,24)(H,23,25). The van der Waals surface area contributed by atoms with E-state index in [9.17, 15) is 9.59 Å². The van der Waals surface area contributed by atoms with Gasteiger partial charge in [-0.25, -0.2) is 5.48 Å². The molecule has 0 spiro atoms. The predicted octanol–water partition coefficient (Wildman–Crippen LogP) is 3.58. The fourth-order valence-electron chi connectivity index (χ4n) is 2.67. The predicted molar refractivity (Wildman–Crippen MR) is 101 cm³/mol. The molecule has 0 fully saturated rings. The summed E-state index contributed by atoms with van der Waals surface area (Å²) in [4.78, 5) is 23.9. The molecular weight excluding hydrogens is 352 g/mol. The Bertz CT molecular complexity index is 955. The van der Waals surface area contributed by atoms with E-state index < -0.39 is 5.91 Å². The number of rotatable bonds is 5. The summed E-state index contributed by atoms with van der Waals surface area (Å²) in [5, 5.41) is 14.0. The summed E-state index contributed by atoms with van der Waals surface area (Å²) in [5.74, 6) is -0.775. The van der Waals surface area contributed by atoms with E-state index in [2.05, 4.69) is 5.32 Å². The molecule has 0 aromatic heterocycles. The first-order valence-electron chi connectivity index (χ1n) is 8.08. The largest absolute Gasteiger partial charge is 0.352 e. The highest BCUT2D eigenvalue weighted by Gasteiger charge is 2.09. The van der Waals surface area contributed by atoms with Gasteiger partial charge >= 0.3 is 0 Å². The zero-order chi connectivity index (χ0) is 18.5. The number of amides is 2. The van der Waals surface area contributed by atoms with Crippen LogP contribution in [-0.2, 0) is 6.42 Å². The highest BCUT2D eigenvalue weighted by molar-refractivity contribution is 6.30. The third-order valence-corrected chi connectivity index (χ3v) is 4.33. The molecule has 26 heavy (non-hydrogen) atoms. The topological polar surface area (TPSA) is 78.4 Å². The SMILES string of the molecule is O=C(NO)c1ccc2ccc(C(=O)NCCc3ccc(Cl)cc3)cc2c1. The van der Waals surface area contributed by atoms with Crippen molar-refractivity contribution in [3.63, 3.8) is 0 Å². The lowest BCUT2D eigenvalue weighted by molar-refractivity contribution is 0.0706. The minimum Gasteiger partial charge on any atom is -0.352 e. The molecule has 0 heterocycles. The molecule has 3 aromatic rings. The van der Waals surface area contributed by atoms with Crippen molar-refractivity contribution in [2.45, 2.75) is 6.42 Å². The number of hydrogen-bond donors (Lipinski definition) is 3. The Morgan fingerprint density at radius 1 is 0.846 bits per heavy atom. The summed E-state index contributed by atoms with van der Waals surface area (Å²) in [6, 6.07) is 17.8. The molecule has 0 atom stereocenters. The fourth-order valence-corrected chi connectivity index (χ4v) is 2.79. The van der Waals surface area contributed by atoms with Gasteiger partial charge in [-0.3, -0.25) is 14.8 Å². The summed E-state index contributed by atoms with van der Waals surface area (Å²) >= 11 is 5.86. The second-order valence-electron chi connectivity index (χ2n) is 5.85. The summed E-state index contributed by atoms with van der Waals surface area (Å²) in [6.45, 7) is 0.505. The molecule has 0 aliphatic rings. The Hall–Kier alpha value is -2.89. The summed E-state index contributed by atoms with van der Waals surface area (Å²) < 4.78 is 0. The lowest BCUT2D eigenvalue weighted by atomic mass is 10.0. The van der Waals surface area contributed by atoms with Crippen LogP contribution in [0.15, 0.2) is 60.7 Å². The number of halogens is 1. The number of fused-ring (bicyclic) bond motifs is 1. The zero-order valence-corrected chi connectivity index (χ0v) is 14.6. The van der Waals surface area contributed by atoms with Crippen molar-refractivity contribution in [1.29, 1.82) is 0 Å². The van der Waals surface area contributed by atoms with Gasteiger partial charge in [0.25, 0.3) is 11.8 Å². The van der Waals surface area contributed by atoms with Crippen LogP contribution < -0.4 is 10.8 Å². The average Bonchev–Trinajstić information content (AvgIpc) is 2.67. The molecule has 0 bridgehead atoms. The Morgan fingerprint density at radius 3 is 2.08 bits per heavy atom. The van der Waals surface area contributed by atoms with Crippen molar-refractivity contribution < 1.29 is 14.8 Å². The van der Waals surface area contributed by atoms with E-state index in [1.54, 1.807) is 35.8 Å². The summed E-state index contributed by atoms with van der Waals surface area (Å²) in [7, 11) is 0. The lowest BCUT2D eigenvalue weighted by Gasteiger charge is -2.08. The van der Waals surface area contributed by atoms with Gasteiger partial charge in [-0.05, 0) is 59.2 Å². The van der Waals surface area contributed by atoms with Crippen LogP contribution in [0.1, 0.15) is 26.3 Å². The number of hydrogen-bond acceptors (Lipinski definition) is 3. The van der Waals surface area contributed by atoms with Crippen LogP contribution in [0, 0.1) is 0 Å². The first-order valence-corrected chi connectivity index (χ1v) is 8.45. The number of carbonyl (C=O) groups excluding carboxylic acids is 2. The van der Waals surface area contributed by atoms with Crippen molar-refractivity contribution in [3.05, 3.63) is 82.4 Å². The molecule has 0 radical (unpaired) electrons. The number of hydroxylamine groups is 1. The van der Waals surface area contributed by atoms with Gasteiger partial charge in [0.05, 0.1) is 0 Å². The third kappa shape index (κ3) is 4.20.